The summed E-state index contributed by atoms with van der Waals surface area (Å²) in [4.78, 5) is 8.60. The van der Waals surface area contributed by atoms with Crippen LogP contribution in [0.1, 0.15) is 0 Å². The number of hydrogen-bond acceptors (Lipinski definition) is 3. The van der Waals surface area contributed by atoms with Gasteiger partial charge in [0.25, 0.3) is 0 Å². The topological polar surface area (TPSA) is 46.0 Å². The molecular weight excluding hydrogens is 549 g/mol. The van der Waals surface area contributed by atoms with Crippen molar-refractivity contribution < 1.29 is 25.2 Å². The summed E-state index contributed by atoms with van der Waals surface area (Å²) in [5.74, 6) is 0.261. The average molecular weight is 568 g/mol. The number of benzene rings is 3. The second kappa shape index (κ2) is 10.4. The average Bonchev–Trinajstić information content (AvgIpc) is 2.81. The Morgan fingerprint density at radius 3 is 2.20 bits per heavy atom. The van der Waals surface area contributed by atoms with Crippen LogP contribution in [0, 0.1) is 6.07 Å². The summed E-state index contributed by atoms with van der Waals surface area (Å²) in [5.41, 5.74) is 3.60. The zero-order chi connectivity index (χ0) is 19.9. The molecule has 30 heavy (non-hydrogen) atoms. The molecule has 0 bridgehead atoms. The summed E-state index contributed by atoms with van der Waals surface area (Å²) in [6, 6.07) is 34.1. The Morgan fingerprint density at radius 1 is 0.667 bits per heavy atom. The van der Waals surface area contributed by atoms with Crippen LogP contribution in [0.5, 0.6) is 5.75 Å². The Labute approximate surface area is 189 Å². The Bertz CT molecular complexity index is 1170. The van der Waals surface area contributed by atoms with Gasteiger partial charge < -0.3 is 10.1 Å². The molecule has 0 amide bonds. The van der Waals surface area contributed by atoms with Crippen molar-refractivity contribution in [2.24, 2.45) is 0 Å². The third kappa shape index (κ3) is 4.98. The summed E-state index contributed by atoms with van der Waals surface area (Å²) in [6.45, 7) is 0. The van der Waals surface area contributed by atoms with Crippen molar-refractivity contribution in [1.82, 2.24) is 9.97 Å². The molecule has 0 aliphatic rings. The van der Waals surface area contributed by atoms with Gasteiger partial charge >= 0.3 is 0 Å². The van der Waals surface area contributed by atoms with Crippen LogP contribution in [0.25, 0.3) is 33.3 Å². The molecule has 5 rings (SSSR count). The van der Waals surface area contributed by atoms with Gasteiger partial charge in [-0.15, -0.1) is 35.9 Å². The van der Waals surface area contributed by atoms with E-state index in [-0.39, 0.29) is 25.9 Å². The van der Waals surface area contributed by atoms with Crippen LogP contribution >= 0.6 is 0 Å². The van der Waals surface area contributed by atoms with Crippen LogP contribution < -0.4 is 0 Å². The number of aromatic hydroxyl groups is 1. The maximum atomic E-state index is 9.88. The number of fused-ring (bicyclic) bond motifs is 1. The third-order valence-corrected chi connectivity index (χ3v) is 4.48. The molecule has 3 nitrogen and oxygen atoms in total. The maximum absolute atomic E-state index is 9.88. The van der Waals surface area contributed by atoms with Crippen molar-refractivity contribution in [3.63, 3.8) is 0 Å². The fraction of sp³-hybridized carbons (Fsp3) is 0. The summed E-state index contributed by atoms with van der Waals surface area (Å²) >= 11 is 0. The first-order valence-electron chi connectivity index (χ1n) is 9.33. The number of phenols is 1. The van der Waals surface area contributed by atoms with Crippen molar-refractivity contribution in [3.05, 3.63) is 116 Å². The van der Waals surface area contributed by atoms with E-state index in [0.29, 0.717) is 0 Å². The number of nitrogens with zero attached hydrogens (tertiary/aromatic N) is 2. The van der Waals surface area contributed by atoms with Gasteiger partial charge in [-0.2, -0.15) is 0 Å². The van der Waals surface area contributed by atoms with Crippen molar-refractivity contribution >= 4 is 10.8 Å². The van der Waals surface area contributed by atoms with Gasteiger partial charge in [0.2, 0.25) is 0 Å². The van der Waals surface area contributed by atoms with Crippen LogP contribution in [-0.4, -0.2) is 15.1 Å². The van der Waals surface area contributed by atoms with E-state index >= 15 is 0 Å². The minimum atomic E-state index is 0. The normalized spacial score (nSPS) is 9.87. The van der Waals surface area contributed by atoms with E-state index < -0.39 is 0 Å². The minimum absolute atomic E-state index is 0. The minimum Gasteiger partial charge on any atom is -0.507 e. The molecule has 0 unspecified atom stereocenters. The molecule has 0 atom stereocenters. The molecule has 0 spiro atoms. The van der Waals surface area contributed by atoms with Crippen molar-refractivity contribution in [2.75, 3.05) is 0 Å². The monoisotopic (exact) mass is 568 g/mol. The Balaban J connectivity index is 0.000000175. The Hall–Kier alpha value is -3.33. The zero-order valence-corrected chi connectivity index (χ0v) is 18.5. The van der Waals surface area contributed by atoms with Crippen LogP contribution in [0.15, 0.2) is 109 Å². The predicted molar refractivity (Wildman–Crippen MR) is 117 cm³/mol. The molecule has 4 heteroatoms. The molecule has 149 valence electrons. The standard InChI is InChI=1S/C15H11NO.C11H8N.Ir/c17-14-8-4-3-7-13(14)15-12-6-2-1-5-11(12)9-10-16-15;1-2-6-10(7-3-1)11-8-4-5-9-12-11;/h1-10,17H;1-6,8-9H;/q;-1;. The quantitative estimate of drug-likeness (QED) is 0.260. The third-order valence-electron chi connectivity index (χ3n) is 4.48. The number of aromatic nitrogens is 2. The second-order valence-electron chi connectivity index (χ2n) is 6.39. The molecular formula is C26H19IrN2O-. The van der Waals surface area contributed by atoms with E-state index in [1.165, 1.54) is 0 Å². The first-order valence-corrected chi connectivity index (χ1v) is 9.33. The predicted octanol–water partition coefficient (Wildman–Crippen LogP) is 6.15. The molecule has 2 aromatic heterocycles. The Morgan fingerprint density at radius 2 is 1.43 bits per heavy atom. The van der Waals surface area contributed by atoms with E-state index in [1.807, 2.05) is 91.0 Å². The Kier molecular flexibility index (Phi) is 7.45. The summed E-state index contributed by atoms with van der Waals surface area (Å²) in [7, 11) is 0. The van der Waals surface area contributed by atoms with Gasteiger partial charge in [0.05, 0.1) is 5.69 Å². The van der Waals surface area contributed by atoms with Gasteiger partial charge in [-0.1, -0.05) is 48.5 Å². The van der Waals surface area contributed by atoms with Gasteiger partial charge in [0.1, 0.15) is 5.75 Å². The molecule has 5 aromatic rings. The largest absolute Gasteiger partial charge is 0.507 e. The molecule has 2 heterocycles. The smallest absolute Gasteiger partial charge is 0.124 e. The number of phenolic OH excluding ortho intramolecular Hbond substituents is 1. The molecule has 0 fully saturated rings. The molecule has 0 aliphatic carbocycles. The number of rotatable bonds is 2. The first kappa shape index (κ1) is 21.4. The van der Waals surface area contributed by atoms with Crippen LogP contribution in [0.2, 0.25) is 0 Å². The maximum Gasteiger partial charge on any atom is 0.124 e. The van der Waals surface area contributed by atoms with Gasteiger partial charge in [-0.3, -0.25) is 4.98 Å². The second-order valence-corrected chi connectivity index (χ2v) is 6.39. The first-order chi connectivity index (χ1) is 14.3. The van der Waals surface area contributed by atoms with E-state index in [2.05, 4.69) is 16.0 Å². The van der Waals surface area contributed by atoms with E-state index in [4.69, 9.17) is 0 Å². The molecule has 1 radical (unpaired) electrons. The summed E-state index contributed by atoms with van der Waals surface area (Å²) in [5, 5.41) is 12.1. The van der Waals surface area contributed by atoms with E-state index in [0.717, 1.165) is 33.3 Å². The van der Waals surface area contributed by atoms with E-state index in [9.17, 15) is 5.11 Å². The molecule has 0 saturated heterocycles. The number of para-hydroxylation sites is 1. The van der Waals surface area contributed by atoms with E-state index in [1.54, 1.807) is 18.5 Å². The molecule has 3 aromatic carbocycles. The summed E-state index contributed by atoms with van der Waals surface area (Å²) < 4.78 is 0. The number of hydrogen-bond donors (Lipinski definition) is 1. The molecule has 1 N–H and O–H groups in total. The van der Waals surface area contributed by atoms with Gasteiger partial charge in [0.15, 0.2) is 0 Å². The summed E-state index contributed by atoms with van der Waals surface area (Å²) in [6.07, 6.45) is 3.56. The molecule has 0 saturated carbocycles. The van der Waals surface area contributed by atoms with Crippen molar-refractivity contribution in [3.8, 4) is 28.3 Å². The SMILES string of the molecule is Oc1ccccc1-c1nccc2ccccc12.[Ir].[c-]1ccccc1-c1ccccn1. The van der Waals surface area contributed by atoms with Crippen LogP contribution in [0.4, 0.5) is 0 Å². The van der Waals surface area contributed by atoms with Gasteiger partial charge in [-0.05, 0) is 35.3 Å². The van der Waals surface area contributed by atoms with Gasteiger partial charge in [0, 0.05) is 43.4 Å². The number of pyridine rings is 2. The van der Waals surface area contributed by atoms with Crippen LogP contribution in [-0.2, 0) is 20.1 Å². The van der Waals surface area contributed by atoms with Crippen LogP contribution in [0.3, 0.4) is 0 Å². The zero-order valence-electron chi connectivity index (χ0n) is 16.1. The van der Waals surface area contributed by atoms with Crippen molar-refractivity contribution in [2.45, 2.75) is 0 Å². The van der Waals surface area contributed by atoms with Crippen molar-refractivity contribution in [1.29, 1.82) is 0 Å². The fourth-order valence-corrected chi connectivity index (χ4v) is 3.08. The van der Waals surface area contributed by atoms with Gasteiger partial charge in [-0.25, -0.2) is 0 Å². The fourth-order valence-electron chi connectivity index (χ4n) is 3.08. The molecule has 0 aliphatic heterocycles.